The number of aryl methyl sites for hydroxylation is 1. The summed E-state index contributed by atoms with van der Waals surface area (Å²) in [7, 11) is 0. The quantitative estimate of drug-likeness (QED) is 0.629. The first-order valence-electron chi connectivity index (χ1n) is 7.04. The minimum Gasteiger partial charge on any atom is -0.461 e. The maximum Gasteiger partial charge on any atom is 0.198 e. The van der Waals surface area contributed by atoms with E-state index in [9.17, 15) is 4.79 Å². The van der Waals surface area contributed by atoms with Crippen molar-refractivity contribution in [3.63, 3.8) is 0 Å². The molecule has 0 fully saturated rings. The van der Waals surface area contributed by atoms with Crippen LogP contribution >= 0.6 is 0 Å². The Morgan fingerprint density at radius 1 is 0.857 bits per heavy atom. The Hall–Kier alpha value is -2.61. The SMILES string of the molecule is O=C(CCc1ccccc1)c1occc1-c1ccccc1. The van der Waals surface area contributed by atoms with Crippen molar-refractivity contribution in [1.29, 1.82) is 0 Å². The normalized spacial score (nSPS) is 10.5. The Labute approximate surface area is 124 Å². The van der Waals surface area contributed by atoms with Crippen molar-refractivity contribution in [3.8, 4) is 11.1 Å². The van der Waals surface area contributed by atoms with Crippen LogP contribution in [0.2, 0.25) is 0 Å². The fourth-order valence-electron chi connectivity index (χ4n) is 2.39. The number of carbonyl (C=O) groups is 1. The van der Waals surface area contributed by atoms with Crippen LogP contribution in [0.4, 0.5) is 0 Å². The van der Waals surface area contributed by atoms with Crippen LogP contribution in [0.3, 0.4) is 0 Å². The largest absolute Gasteiger partial charge is 0.461 e. The highest BCUT2D eigenvalue weighted by Gasteiger charge is 2.16. The topological polar surface area (TPSA) is 30.2 Å². The van der Waals surface area contributed by atoms with Crippen molar-refractivity contribution in [2.45, 2.75) is 12.8 Å². The highest BCUT2D eigenvalue weighted by Crippen LogP contribution is 2.26. The molecule has 0 bridgehead atoms. The van der Waals surface area contributed by atoms with Gasteiger partial charge in [-0.2, -0.15) is 0 Å². The van der Waals surface area contributed by atoms with Gasteiger partial charge in [0.1, 0.15) is 0 Å². The predicted octanol–water partition coefficient (Wildman–Crippen LogP) is 4.76. The van der Waals surface area contributed by atoms with E-state index in [4.69, 9.17) is 4.42 Å². The molecule has 0 saturated heterocycles. The molecule has 21 heavy (non-hydrogen) atoms. The monoisotopic (exact) mass is 276 g/mol. The van der Waals surface area contributed by atoms with E-state index in [1.165, 1.54) is 5.56 Å². The molecule has 2 heteroatoms. The van der Waals surface area contributed by atoms with Crippen molar-refractivity contribution >= 4 is 5.78 Å². The summed E-state index contributed by atoms with van der Waals surface area (Å²) in [5, 5.41) is 0. The zero-order valence-corrected chi connectivity index (χ0v) is 11.7. The Kier molecular flexibility index (Phi) is 3.97. The van der Waals surface area contributed by atoms with Crippen molar-refractivity contribution in [1.82, 2.24) is 0 Å². The lowest BCUT2D eigenvalue weighted by Crippen LogP contribution is -2.01. The fraction of sp³-hybridized carbons (Fsp3) is 0.105. The molecule has 1 heterocycles. The van der Waals surface area contributed by atoms with Crippen LogP contribution in [0.15, 0.2) is 77.4 Å². The summed E-state index contributed by atoms with van der Waals surface area (Å²) in [5.74, 6) is 0.500. The highest BCUT2D eigenvalue weighted by atomic mass is 16.3. The van der Waals surface area contributed by atoms with Gasteiger partial charge in [0.05, 0.1) is 6.26 Å². The molecule has 0 aliphatic heterocycles. The second kappa shape index (κ2) is 6.23. The number of rotatable bonds is 5. The minimum absolute atomic E-state index is 0.0442. The number of ketones is 1. The Morgan fingerprint density at radius 2 is 1.52 bits per heavy atom. The molecule has 2 nitrogen and oxygen atoms in total. The summed E-state index contributed by atoms with van der Waals surface area (Å²) in [5.41, 5.74) is 3.04. The van der Waals surface area contributed by atoms with E-state index in [-0.39, 0.29) is 5.78 Å². The molecule has 0 unspecified atom stereocenters. The minimum atomic E-state index is 0.0442. The first-order valence-corrected chi connectivity index (χ1v) is 7.04. The molecule has 0 aliphatic rings. The number of hydrogen-bond donors (Lipinski definition) is 0. The third kappa shape index (κ3) is 3.11. The predicted molar refractivity (Wildman–Crippen MR) is 83.2 cm³/mol. The summed E-state index contributed by atoms with van der Waals surface area (Å²) in [6.45, 7) is 0. The van der Waals surface area contributed by atoms with Gasteiger partial charge < -0.3 is 4.42 Å². The summed E-state index contributed by atoms with van der Waals surface area (Å²) in [4.78, 5) is 12.4. The number of hydrogen-bond acceptors (Lipinski definition) is 2. The van der Waals surface area contributed by atoms with Crippen molar-refractivity contribution in [3.05, 3.63) is 84.3 Å². The van der Waals surface area contributed by atoms with Gasteiger partial charge in [0.15, 0.2) is 11.5 Å². The van der Waals surface area contributed by atoms with Gasteiger partial charge in [-0.05, 0) is 23.6 Å². The van der Waals surface area contributed by atoms with E-state index >= 15 is 0 Å². The van der Waals surface area contributed by atoms with E-state index in [0.29, 0.717) is 12.2 Å². The average Bonchev–Trinajstić information content (AvgIpc) is 3.04. The summed E-state index contributed by atoms with van der Waals surface area (Å²) in [6, 6.07) is 21.7. The summed E-state index contributed by atoms with van der Waals surface area (Å²) in [6.07, 6.45) is 2.77. The van der Waals surface area contributed by atoms with E-state index in [1.807, 2.05) is 66.7 Å². The molecule has 0 radical (unpaired) electrons. The van der Waals surface area contributed by atoms with E-state index < -0.39 is 0 Å². The highest BCUT2D eigenvalue weighted by molar-refractivity contribution is 5.99. The summed E-state index contributed by atoms with van der Waals surface area (Å²) >= 11 is 0. The number of furan rings is 1. The zero-order valence-electron chi connectivity index (χ0n) is 11.7. The van der Waals surface area contributed by atoms with Gasteiger partial charge in [0.2, 0.25) is 0 Å². The van der Waals surface area contributed by atoms with Crippen molar-refractivity contribution in [2.75, 3.05) is 0 Å². The molecule has 1 aromatic heterocycles. The average molecular weight is 276 g/mol. The number of benzene rings is 2. The maximum atomic E-state index is 12.4. The van der Waals surface area contributed by atoms with Gasteiger partial charge in [-0.3, -0.25) is 4.79 Å². The van der Waals surface area contributed by atoms with E-state index in [2.05, 4.69) is 0 Å². The smallest absolute Gasteiger partial charge is 0.198 e. The molecular formula is C19H16O2. The first-order chi connectivity index (χ1) is 10.3. The van der Waals surface area contributed by atoms with Gasteiger partial charge in [-0.1, -0.05) is 60.7 Å². The molecule has 0 spiro atoms. The molecule has 3 aromatic rings. The maximum absolute atomic E-state index is 12.4. The van der Waals surface area contributed by atoms with Gasteiger partial charge in [0, 0.05) is 12.0 Å². The Bertz CT molecular complexity index is 712. The van der Waals surface area contributed by atoms with Crippen molar-refractivity contribution in [2.24, 2.45) is 0 Å². The Balaban J connectivity index is 1.76. The molecule has 0 N–H and O–H groups in total. The third-order valence-electron chi connectivity index (χ3n) is 3.49. The van der Waals surface area contributed by atoms with E-state index in [1.54, 1.807) is 6.26 Å². The molecule has 3 rings (SSSR count). The van der Waals surface area contributed by atoms with Crippen LogP contribution < -0.4 is 0 Å². The standard InChI is InChI=1S/C19H16O2/c20-18(12-11-15-7-3-1-4-8-15)19-17(13-14-21-19)16-9-5-2-6-10-16/h1-10,13-14H,11-12H2. The molecular weight excluding hydrogens is 260 g/mol. The zero-order chi connectivity index (χ0) is 14.5. The first kappa shape index (κ1) is 13.4. The Morgan fingerprint density at radius 3 is 2.24 bits per heavy atom. The molecule has 0 saturated carbocycles. The van der Waals surface area contributed by atoms with Gasteiger partial charge in [-0.15, -0.1) is 0 Å². The van der Waals surface area contributed by atoms with Crippen LogP contribution in [0.5, 0.6) is 0 Å². The molecule has 104 valence electrons. The molecule has 2 aromatic carbocycles. The lowest BCUT2D eigenvalue weighted by atomic mass is 10.0. The van der Waals surface area contributed by atoms with Crippen LogP contribution in [-0.2, 0) is 6.42 Å². The van der Waals surface area contributed by atoms with Crippen LogP contribution in [0, 0.1) is 0 Å². The lowest BCUT2D eigenvalue weighted by Gasteiger charge is -2.03. The van der Waals surface area contributed by atoms with Crippen LogP contribution in [-0.4, -0.2) is 5.78 Å². The fourth-order valence-corrected chi connectivity index (χ4v) is 2.39. The van der Waals surface area contributed by atoms with Crippen molar-refractivity contribution < 1.29 is 9.21 Å². The van der Waals surface area contributed by atoms with Gasteiger partial charge in [0.25, 0.3) is 0 Å². The molecule has 0 amide bonds. The van der Waals surface area contributed by atoms with E-state index in [0.717, 1.165) is 17.5 Å². The number of Topliss-reactive ketones (excluding diaryl/α,β-unsaturated/α-hetero) is 1. The second-order valence-corrected chi connectivity index (χ2v) is 4.94. The lowest BCUT2D eigenvalue weighted by molar-refractivity contribution is 0.0957. The number of carbonyl (C=O) groups excluding carboxylic acids is 1. The second-order valence-electron chi connectivity index (χ2n) is 4.94. The molecule has 0 aliphatic carbocycles. The van der Waals surface area contributed by atoms with Crippen LogP contribution in [0.25, 0.3) is 11.1 Å². The van der Waals surface area contributed by atoms with Gasteiger partial charge in [-0.25, -0.2) is 0 Å². The van der Waals surface area contributed by atoms with Crippen LogP contribution in [0.1, 0.15) is 22.5 Å². The molecule has 0 atom stereocenters. The van der Waals surface area contributed by atoms with Gasteiger partial charge >= 0.3 is 0 Å². The summed E-state index contributed by atoms with van der Waals surface area (Å²) < 4.78 is 5.42. The third-order valence-corrected chi connectivity index (χ3v) is 3.49.